The monoisotopic (exact) mass is 428 g/mol. The van der Waals surface area contributed by atoms with Crippen molar-refractivity contribution in [3.63, 3.8) is 0 Å². The van der Waals surface area contributed by atoms with E-state index in [1.165, 1.54) is 25.1 Å². The lowest BCUT2D eigenvalue weighted by Gasteiger charge is -2.29. The van der Waals surface area contributed by atoms with E-state index in [4.69, 9.17) is 23.2 Å². The van der Waals surface area contributed by atoms with Gasteiger partial charge in [-0.15, -0.1) is 0 Å². The number of anilines is 2. The van der Waals surface area contributed by atoms with Gasteiger partial charge in [0.15, 0.2) is 0 Å². The highest BCUT2D eigenvalue weighted by atomic mass is 35.5. The second-order valence-corrected chi connectivity index (χ2v) is 8.96. The van der Waals surface area contributed by atoms with Crippen LogP contribution in [0.4, 0.5) is 11.4 Å². The highest BCUT2D eigenvalue weighted by Gasteiger charge is 2.30. The number of halogens is 2. The first-order valence-electron chi connectivity index (χ1n) is 8.40. The van der Waals surface area contributed by atoms with Gasteiger partial charge in [0.2, 0.25) is 15.9 Å². The van der Waals surface area contributed by atoms with Crippen molar-refractivity contribution in [1.29, 1.82) is 0 Å². The summed E-state index contributed by atoms with van der Waals surface area (Å²) in [4.78, 5) is 12.9. The van der Waals surface area contributed by atoms with E-state index in [1.807, 2.05) is 32.0 Å². The van der Waals surface area contributed by atoms with Gasteiger partial charge in [-0.3, -0.25) is 9.10 Å². The molecule has 5 nitrogen and oxygen atoms in total. The zero-order chi connectivity index (χ0) is 20.4. The molecule has 146 valence electrons. The molecule has 0 aliphatic heterocycles. The number of nitrogens with one attached hydrogen (secondary N) is 1. The van der Waals surface area contributed by atoms with Crippen LogP contribution >= 0.6 is 23.2 Å². The van der Waals surface area contributed by atoms with Crippen LogP contribution in [0, 0.1) is 6.92 Å². The molecule has 8 heteroatoms. The number of nitrogens with zero attached hydrogens (tertiary/aromatic N) is 1. The molecule has 2 aromatic carbocycles. The van der Waals surface area contributed by atoms with E-state index in [2.05, 4.69) is 5.32 Å². The van der Waals surface area contributed by atoms with Crippen molar-refractivity contribution in [1.82, 2.24) is 0 Å². The minimum atomic E-state index is -3.74. The summed E-state index contributed by atoms with van der Waals surface area (Å²) in [6.07, 6.45) is 1.79. The summed E-state index contributed by atoms with van der Waals surface area (Å²) in [5, 5.41) is 3.39. The Morgan fingerprint density at radius 1 is 1.19 bits per heavy atom. The molecule has 1 atom stereocenters. The largest absolute Gasteiger partial charge is 0.324 e. The molecule has 0 saturated heterocycles. The fraction of sp³-hybridized carbons (Fsp3) is 0.316. The van der Waals surface area contributed by atoms with Crippen molar-refractivity contribution in [3.8, 4) is 0 Å². The molecule has 0 bridgehead atoms. The Labute approximate surface area is 170 Å². The molecule has 1 N–H and O–H groups in total. The molecule has 0 fully saturated rings. The average Bonchev–Trinajstić information content (AvgIpc) is 2.58. The number of carbonyl (C=O) groups excluding carboxylic acids is 1. The standard InChI is InChI=1S/C19H22Cl2N2O3S/c1-5-14-8-6-7-12(2)18(14)22-19(24)13(3)23(27(4,25)26)15-9-10-16(20)17(21)11-15/h6-11,13H,5H2,1-4H3,(H,22,24). The van der Waals surface area contributed by atoms with Crippen LogP contribution in [0.25, 0.3) is 0 Å². The van der Waals surface area contributed by atoms with Crippen molar-refractivity contribution in [2.45, 2.75) is 33.2 Å². The van der Waals surface area contributed by atoms with Crippen LogP contribution in [0.3, 0.4) is 0 Å². The third kappa shape index (κ3) is 4.94. The molecule has 0 spiro atoms. The normalized spacial score (nSPS) is 12.5. The molecule has 0 radical (unpaired) electrons. The molecule has 0 heterocycles. The first kappa shape index (κ1) is 21.5. The van der Waals surface area contributed by atoms with E-state index < -0.39 is 22.0 Å². The number of para-hydroxylation sites is 1. The van der Waals surface area contributed by atoms with Gasteiger partial charge in [-0.05, 0) is 49.6 Å². The molecule has 0 saturated carbocycles. The maximum atomic E-state index is 12.9. The van der Waals surface area contributed by atoms with Gasteiger partial charge in [0.05, 0.1) is 22.0 Å². The maximum absolute atomic E-state index is 12.9. The molecular weight excluding hydrogens is 407 g/mol. The van der Waals surface area contributed by atoms with Crippen molar-refractivity contribution in [2.75, 3.05) is 15.9 Å². The summed E-state index contributed by atoms with van der Waals surface area (Å²) in [5.74, 6) is -0.435. The second kappa shape index (κ2) is 8.50. The Morgan fingerprint density at radius 2 is 1.85 bits per heavy atom. The molecule has 0 aliphatic carbocycles. The highest BCUT2D eigenvalue weighted by Crippen LogP contribution is 2.30. The minimum absolute atomic E-state index is 0.211. The Hall–Kier alpha value is -1.76. The van der Waals surface area contributed by atoms with Crippen LogP contribution < -0.4 is 9.62 Å². The average molecular weight is 429 g/mol. The van der Waals surface area contributed by atoms with Crippen molar-refractivity contribution >= 4 is 50.5 Å². The van der Waals surface area contributed by atoms with Gasteiger partial charge in [-0.25, -0.2) is 8.42 Å². The van der Waals surface area contributed by atoms with E-state index in [-0.39, 0.29) is 10.7 Å². The Bertz CT molecular complexity index is 961. The van der Waals surface area contributed by atoms with Gasteiger partial charge >= 0.3 is 0 Å². The van der Waals surface area contributed by atoms with Crippen molar-refractivity contribution < 1.29 is 13.2 Å². The van der Waals surface area contributed by atoms with Crippen LogP contribution in [0.5, 0.6) is 0 Å². The molecule has 1 amide bonds. The van der Waals surface area contributed by atoms with Crippen LogP contribution in [-0.2, 0) is 21.2 Å². The lowest BCUT2D eigenvalue weighted by Crippen LogP contribution is -2.45. The predicted octanol–water partition coefficient (Wildman–Crippen LogP) is 4.66. The summed E-state index contributed by atoms with van der Waals surface area (Å²) < 4.78 is 25.8. The highest BCUT2D eigenvalue weighted by molar-refractivity contribution is 7.92. The number of hydrogen-bond acceptors (Lipinski definition) is 3. The molecule has 27 heavy (non-hydrogen) atoms. The summed E-state index contributed by atoms with van der Waals surface area (Å²) in [6, 6.07) is 9.21. The van der Waals surface area contributed by atoms with E-state index in [0.717, 1.165) is 28.1 Å². The van der Waals surface area contributed by atoms with Gasteiger partial charge < -0.3 is 5.32 Å². The summed E-state index contributed by atoms with van der Waals surface area (Å²) in [6.45, 7) is 5.42. The van der Waals surface area contributed by atoms with Crippen LogP contribution in [0.2, 0.25) is 10.0 Å². The van der Waals surface area contributed by atoms with Gasteiger partial charge in [0.1, 0.15) is 6.04 Å². The number of aryl methyl sites for hydroxylation is 2. The molecule has 2 aromatic rings. The van der Waals surface area contributed by atoms with Crippen molar-refractivity contribution in [2.24, 2.45) is 0 Å². The lowest BCUT2D eigenvalue weighted by atomic mass is 10.1. The maximum Gasteiger partial charge on any atom is 0.248 e. The first-order valence-corrected chi connectivity index (χ1v) is 11.0. The third-order valence-electron chi connectivity index (χ3n) is 4.23. The van der Waals surface area contributed by atoms with Crippen molar-refractivity contribution in [3.05, 3.63) is 57.6 Å². The molecule has 0 aromatic heterocycles. The van der Waals surface area contributed by atoms with Crippen LogP contribution in [-0.4, -0.2) is 26.6 Å². The molecular formula is C19H22Cl2N2O3S. The van der Waals surface area contributed by atoms with Gasteiger partial charge in [0, 0.05) is 5.69 Å². The minimum Gasteiger partial charge on any atom is -0.324 e. The Kier molecular flexibility index (Phi) is 6.78. The second-order valence-electron chi connectivity index (χ2n) is 6.29. The van der Waals surface area contributed by atoms with E-state index >= 15 is 0 Å². The Morgan fingerprint density at radius 3 is 2.41 bits per heavy atom. The van der Waals surface area contributed by atoms with E-state index in [0.29, 0.717) is 10.7 Å². The predicted molar refractivity (Wildman–Crippen MR) is 112 cm³/mol. The third-order valence-corrected chi connectivity index (χ3v) is 6.22. The molecule has 0 aliphatic rings. The quantitative estimate of drug-likeness (QED) is 0.727. The van der Waals surface area contributed by atoms with Gasteiger partial charge in [0.25, 0.3) is 0 Å². The summed E-state index contributed by atoms with van der Waals surface area (Å²) >= 11 is 11.9. The van der Waals surface area contributed by atoms with Gasteiger partial charge in [-0.2, -0.15) is 0 Å². The molecule has 2 rings (SSSR count). The van der Waals surface area contributed by atoms with E-state index in [1.54, 1.807) is 0 Å². The number of sulfonamides is 1. The topological polar surface area (TPSA) is 66.5 Å². The first-order chi connectivity index (χ1) is 12.6. The number of carbonyl (C=O) groups is 1. The number of benzene rings is 2. The van der Waals surface area contributed by atoms with E-state index in [9.17, 15) is 13.2 Å². The zero-order valence-corrected chi connectivity index (χ0v) is 17.9. The number of amides is 1. The molecule has 1 unspecified atom stereocenters. The van der Waals surface area contributed by atoms with Gasteiger partial charge in [-0.1, -0.05) is 48.3 Å². The zero-order valence-electron chi connectivity index (χ0n) is 15.6. The summed E-state index contributed by atoms with van der Waals surface area (Å²) in [7, 11) is -3.74. The van der Waals surface area contributed by atoms with Crippen LogP contribution in [0.15, 0.2) is 36.4 Å². The number of hydrogen-bond donors (Lipinski definition) is 1. The smallest absolute Gasteiger partial charge is 0.248 e. The fourth-order valence-corrected chi connectivity index (χ4v) is 4.32. The fourth-order valence-electron chi connectivity index (χ4n) is 2.86. The Balaban J connectivity index is 2.40. The SMILES string of the molecule is CCc1cccc(C)c1NC(=O)C(C)N(c1ccc(Cl)c(Cl)c1)S(C)(=O)=O. The van der Waals surface area contributed by atoms with Crippen LogP contribution in [0.1, 0.15) is 25.0 Å². The number of rotatable bonds is 6. The lowest BCUT2D eigenvalue weighted by molar-refractivity contribution is -0.116. The summed E-state index contributed by atoms with van der Waals surface area (Å²) in [5.41, 5.74) is 2.88.